The molecule has 8 heteroatoms. The Bertz CT molecular complexity index is 443. The number of aliphatic hydroxyl groups excluding tert-OH is 2. The summed E-state index contributed by atoms with van der Waals surface area (Å²) in [6, 6.07) is 1.49. The summed E-state index contributed by atoms with van der Waals surface area (Å²) < 4.78 is 13.3. The molecular weight excluding hydrogens is 255 g/mol. The molecule has 0 spiro atoms. The summed E-state index contributed by atoms with van der Waals surface area (Å²) in [6.45, 7) is -0.254. The second-order valence-electron chi connectivity index (χ2n) is 3.33. The molecule has 2 unspecified atom stereocenters. The molecule has 1 rings (SSSR count). The molecule has 0 bridgehead atoms. The van der Waals surface area contributed by atoms with Gasteiger partial charge in [0.25, 0.3) is 0 Å². The molecule has 6 nitrogen and oxygen atoms in total. The van der Waals surface area contributed by atoms with Crippen molar-refractivity contribution in [3.05, 3.63) is 38.7 Å². The topological polar surface area (TPSA) is 110 Å². The average Bonchev–Trinajstić information content (AvgIpc) is 2.29. The van der Waals surface area contributed by atoms with Gasteiger partial charge in [-0.05, 0) is 6.07 Å². The van der Waals surface area contributed by atoms with Crippen molar-refractivity contribution in [2.45, 2.75) is 12.2 Å². The molecule has 4 N–H and O–H groups in total. The Hall–Kier alpha value is -1.28. The maximum absolute atomic E-state index is 13.3. The van der Waals surface area contributed by atoms with Crippen LogP contribution in [0, 0.1) is 15.9 Å². The van der Waals surface area contributed by atoms with Gasteiger partial charge in [0.2, 0.25) is 5.82 Å². The molecule has 94 valence electrons. The molecule has 0 fully saturated rings. The van der Waals surface area contributed by atoms with Gasteiger partial charge >= 0.3 is 5.69 Å². The van der Waals surface area contributed by atoms with E-state index >= 15 is 0 Å². The minimum absolute atomic E-state index is 0.146. The first-order valence-electron chi connectivity index (χ1n) is 4.58. The highest BCUT2D eigenvalue weighted by Gasteiger charge is 2.24. The van der Waals surface area contributed by atoms with Crippen LogP contribution in [0.1, 0.15) is 11.7 Å². The van der Waals surface area contributed by atoms with Gasteiger partial charge in [-0.15, -0.1) is 0 Å². The molecule has 0 saturated heterocycles. The third-order valence-electron chi connectivity index (χ3n) is 2.19. The monoisotopic (exact) mass is 264 g/mol. The number of nitro groups is 1. The number of halogens is 2. The van der Waals surface area contributed by atoms with Crippen LogP contribution in [0.2, 0.25) is 5.02 Å². The summed E-state index contributed by atoms with van der Waals surface area (Å²) in [5.74, 6) is -1.14. The Balaban J connectivity index is 3.20. The van der Waals surface area contributed by atoms with E-state index < -0.39 is 28.6 Å². The summed E-state index contributed by atoms with van der Waals surface area (Å²) >= 11 is 5.66. The molecule has 2 atom stereocenters. The lowest BCUT2D eigenvalue weighted by atomic mass is 10.0. The van der Waals surface area contributed by atoms with E-state index in [0.29, 0.717) is 6.07 Å². The highest BCUT2D eigenvalue weighted by atomic mass is 35.5. The molecule has 1 aromatic rings. The Labute approximate surface area is 101 Å². The normalized spacial score (nSPS) is 14.4. The zero-order valence-corrected chi connectivity index (χ0v) is 9.26. The predicted molar refractivity (Wildman–Crippen MR) is 58.1 cm³/mol. The lowest BCUT2D eigenvalue weighted by Crippen LogP contribution is -2.27. The maximum Gasteiger partial charge on any atom is 0.306 e. The molecule has 0 amide bonds. The Morgan fingerprint density at radius 3 is 2.59 bits per heavy atom. The molecule has 0 aliphatic heterocycles. The van der Waals surface area contributed by atoms with Crippen LogP contribution < -0.4 is 5.73 Å². The van der Waals surface area contributed by atoms with Crippen molar-refractivity contribution < 1.29 is 19.5 Å². The first-order valence-corrected chi connectivity index (χ1v) is 4.95. The molecule has 0 aliphatic carbocycles. The van der Waals surface area contributed by atoms with Crippen LogP contribution in [0.15, 0.2) is 12.1 Å². The molecule has 0 radical (unpaired) electrons. The van der Waals surface area contributed by atoms with Crippen LogP contribution >= 0.6 is 11.6 Å². The van der Waals surface area contributed by atoms with Crippen molar-refractivity contribution in [2.75, 3.05) is 6.54 Å². The molecule has 0 aromatic heterocycles. The zero-order chi connectivity index (χ0) is 13.2. The third kappa shape index (κ3) is 2.89. The zero-order valence-electron chi connectivity index (χ0n) is 8.51. The minimum Gasteiger partial charge on any atom is -0.389 e. The Morgan fingerprint density at radius 1 is 1.53 bits per heavy atom. The third-order valence-corrected chi connectivity index (χ3v) is 2.51. The van der Waals surface area contributed by atoms with E-state index in [-0.39, 0.29) is 17.1 Å². The summed E-state index contributed by atoms with van der Waals surface area (Å²) in [4.78, 5) is 9.49. The lowest BCUT2D eigenvalue weighted by molar-refractivity contribution is -0.387. The van der Waals surface area contributed by atoms with E-state index in [0.717, 1.165) is 6.07 Å². The van der Waals surface area contributed by atoms with Crippen LogP contribution in [-0.4, -0.2) is 27.8 Å². The molecule has 0 heterocycles. The number of hydrogen-bond acceptors (Lipinski definition) is 5. The van der Waals surface area contributed by atoms with Gasteiger partial charge in [-0.3, -0.25) is 10.1 Å². The summed E-state index contributed by atoms with van der Waals surface area (Å²) in [7, 11) is 0. The standard InChI is InChI=1S/C9H10ClFN2O4/c10-5-2-7(13(16)17)6(11)1-4(5)9(15)8(14)3-12/h1-2,8-9,14-15H,3,12H2. The van der Waals surface area contributed by atoms with Gasteiger partial charge in [0, 0.05) is 18.2 Å². The van der Waals surface area contributed by atoms with Gasteiger partial charge in [0.15, 0.2) is 0 Å². The van der Waals surface area contributed by atoms with Crippen LogP contribution in [-0.2, 0) is 0 Å². The van der Waals surface area contributed by atoms with E-state index in [4.69, 9.17) is 17.3 Å². The number of nitrogens with zero attached hydrogens (tertiary/aromatic N) is 1. The first-order chi connectivity index (χ1) is 7.88. The molecular formula is C9H10ClFN2O4. The summed E-state index contributed by atoms with van der Waals surface area (Å²) in [5.41, 5.74) is 4.18. The fourth-order valence-corrected chi connectivity index (χ4v) is 1.52. The number of aliphatic hydroxyl groups is 2. The van der Waals surface area contributed by atoms with Gasteiger partial charge in [0.1, 0.15) is 6.10 Å². The van der Waals surface area contributed by atoms with Gasteiger partial charge < -0.3 is 15.9 Å². The van der Waals surface area contributed by atoms with Crippen molar-refractivity contribution >= 4 is 17.3 Å². The second-order valence-corrected chi connectivity index (χ2v) is 3.74. The second kappa shape index (κ2) is 5.37. The van der Waals surface area contributed by atoms with Crippen LogP contribution in [0.5, 0.6) is 0 Å². The quantitative estimate of drug-likeness (QED) is 0.549. The van der Waals surface area contributed by atoms with Crippen molar-refractivity contribution in [3.8, 4) is 0 Å². The number of hydrogen-bond donors (Lipinski definition) is 3. The number of benzene rings is 1. The van der Waals surface area contributed by atoms with Gasteiger partial charge in [-0.25, -0.2) is 0 Å². The van der Waals surface area contributed by atoms with Crippen molar-refractivity contribution in [1.29, 1.82) is 0 Å². The fourth-order valence-electron chi connectivity index (χ4n) is 1.25. The van der Waals surface area contributed by atoms with Gasteiger partial charge in [0.05, 0.1) is 16.0 Å². The average molecular weight is 265 g/mol. The fraction of sp³-hybridized carbons (Fsp3) is 0.333. The highest BCUT2D eigenvalue weighted by molar-refractivity contribution is 6.31. The van der Waals surface area contributed by atoms with Crippen LogP contribution in [0.25, 0.3) is 0 Å². The summed E-state index contributed by atoms with van der Waals surface area (Å²) in [6.07, 6.45) is -2.82. The molecule has 17 heavy (non-hydrogen) atoms. The molecule has 0 aliphatic rings. The largest absolute Gasteiger partial charge is 0.389 e. The number of nitrogens with two attached hydrogens (primary N) is 1. The van der Waals surface area contributed by atoms with E-state index in [1.54, 1.807) is 0 Å². The van der Waals surface area contributed by atoms with Crippen molar-refractivity contribution in [1.82, 2.24) is 0 Å². The van der Waals surface area contributed by atoms with Crippen LogP contribution in [0.3, 0.4) is 0 Å². The van der Waals surface area contributed by atoms with Crippen LogP contribution in [0.4, 0.5) is 10.1 Å². The number of rotatable bonds is 4. The summed E-state index contributed by atoms with van der Waals surface area (Å²) in [5, 5.41) is 29.1. The van der Waals surface area contributed by atoms with Crippen molar-refractivity contribution in [3.63, 3.8) is 0 Å². The SMILES string of the molecule is NCC(O)C(O)c1cc(F)c([N+](=O)[O-])cc1Cl. The maximum atomic E-state index is 13.3. The smallest absolute Gasteiger partial charge is 0.306 e. The van der Waals surface area contributed by atoms with E-state index in [1.807, 2.05) is 0 Å². The lowest BCUT2D eigenvalue weighted by Gasteiger charge is -2.17. The van der Waals surface area contributed by atoms with Gasteiger partial charge in [-0.2, -0.15) is 4.39 Å². The van der Waals surface area contributed by atoms with Gasteiger partial charge in [-0.1, -0.05) is 11.6 Å². The Kier molecular flexibility index (Phi) is 4.35. The molecule has 0 saturated carbocycles. The highest BCUT2D eigenvalue weighted by Crippen LogP contribution is 2.31. The van der Waals surface area contributed by atoms with E-state index in [2.05, 4.69) is 0 Å². The first kappa shape index (κ1) is 13.8. The van der Waals surface area contributed by atoms with Crippen molar-refractivity contribution in [2.24, 2.45) is 5.73 Å². The minimum atomic E-state index is -1.50. The number of nitro benzene ring substituents is 1. The predicted octanol–water partition coefficient (Wildman–Crippen LogP) is 0.740. The Morgan fingerprint density at radius 2 is 2.12 bits per heavy atom. The molecule has 1 aromatic carbocycles. The van der Waals surface area contributed by atoms with E-state index in [1.165, 1.54) is 0 Å². The van der Waals surface area contributed by atoms with E-state index in [9.17, 15) is 24.7 Å².